The summed E-state index contributed by atoms with van der Waals surface area (Å²) >= 11 is 0. The first-order chi connectivity index (χ1) is 8.20. The number of nitrogens with zero attached hydrogens (tertiary/aromatic N) is 3. The first-order valence-corrected chi connectivity index (χ1v) is 6.14. The van der Waals surface area contributed by atoms with Crippen molar-refractivity contribution >= 4 is 5.91 Å². The fraction of sp³-hybridized carbons (Fsp3) is 0.667. The fourth-order valence-corrected chi connectivity index (χ4v) is 2.40. The number of aryl methyl sites for hydroxylation is 1. The topological polar surface area (TPSA) is 50.2 Å². The van der Waals surface area contributed by atoms with Gasteiger partial charge in [-0.15, -0.1) is 0 Å². The molecule has 1 unspecified atom stereocenters. The van der Waals surface area contributed by atoms with E-state index in [4.69, 9.17) is 0 Å². The van der Waals surface area contributed by atoms with E-state index in [0.717, 1.165) is 26.1 Å². The minimum Gasteiger partial charge on any atom is -0.337 e. The van der Waals surface area contributed by atoms with E-state index in [1.165, 1.54) is 6.42 Å². The van der Waals surface area contributed by atoms with Gasteiger partial charge in [0.05, 0.1) is 0 Å². The standard InChI is InChI=1S/C12H20N4O/c1-13-8-10-4-3-6-16(9-10)12(17)11-5-7-15(2)14-11/h5,7,10,13H,3-4,6,8-9H2,1-2H3. The summed E-state index contributed by atoms with van der Waals surface area (Å²) in [6, 6.07) is 1.78. The predicted molar refractivity (Wildman–Crippen MR) is 65.8 cm³/mol. The number of piperidine rings is 1. The molecule has 5 nitrogen and oxygen atoms in total. The van der Waals surface area contributed by atoms with Crippen molar-refractivity contribution in [3.63, 3.8) is 0 Å². The van der Waals surface area contributed by atoms with Crippen LogP contribution in [0, 0.1) is 5.92 Å². The number of likely N-dealkylation sites (tertiary alicyclic amines) is 1. The van der Waals surface area contributed by atoms with Crippen molar-refractivity contribution in [1.29, 1.82) is 0 Å². The lowest BCUT2D eigenvalue weighted by Crippen LogP contribution is -2.42. The largest absolute Gasteiger partial charge is 0.337 e. The van der Waals surface area contributed by atoms with Gasteiger partial charge in [0.2, 0.25) is 0 Å². The van der Waals surface area contributed by atoms with Crippen molar-refractivity contribution < 1.29 is 4.79 Å². The Hall–Kier alpha value is -1.36. The Bertz CT molecular complexity index is 386. The second kappa shape index (κ2) is 5.31. The minimum absolute atomic E-state index is 0.0615. The van der Waals surface area contributed by atoms with Gasteiger partial charge in [0.25, 0.3) is 5.91 Å². The molecule has 1 aliphatic rings. The normalized spacial score (nSPS) is 20.6. The van der Waals surface area contributed by atoms with Gasteiger partial charge in [0.1, 0.15) is 5.69 Å². The second-order valence-electron chi connectivity index (χ2n) is 4.69. The van der Waals surface area contributed by atoms with Crippen LogP contribution in [0.4, 0.5) is 0 Å². The number of hydrogen-bond acceptors (Lipinski definition) is 3. The van der Waals surface area contributed by atoms with Crippen LogP contribution in [0.1, 0.15) is 23.3 Å². The molecule has 5 heteroatoms. The molecule has 94 valence electrons. The average molecular weight is 236 g/mol. The molecular formula is C12H20N4O. The molecule has 0 saturated carbocycles. The Morgan fingerprint density at radius 3 is 3.12 bits per heavy atom. The van der Waals surface area contributed by atoms with Crippen LogP contribution in [-0.2, 0) is 7.05 Å². The third-order valence-corrected chi connectivity index (χ3v) is 3.23. The molecule has 2 heterocycles. The maximum atomic E-state index is 12.2. The van der Waals surface area contributed by atoms with Gasteiger partial charge in [0.15, 0.2) is 0 Å². The molecule has 2 rings (SSSR count). The number of aromatic nitrogens is 2. The Morgan fingerprint density at radius 2 is 2.47 bits per heavy atom. The van der Waals surface area contributed by atoms with Gasteiger partial charge >= 0.3 is 0 Å². The molecule has 0 aromatic carbocycles. The minimum atomic E-state index is 0.0615. The number of rotatable bonds is 3. The van der Waals surface area contributed by atoms with Gasteiger partial charge < -0.3 is 10.2 Å². The zero-order valence-corrected chi connectivity index (χ0v) is 10.5. The lowest BCUT2D eigenvalue weighted by atomic mass is 9.98. The highest BCUT2D eigenvalue weighted by atomic mass is 16.2. The lowest BCUT2D eigenvalue weighted by molar-refractivity contribution is 0.0667. The van der Waals surface area contributed by atoms with Gasteiger partial charge in [-0.25, -0.2) is 0 Å². The molecule has 1 aromatic rings. The monoisotopic (exact) mass is 236 g/mol. The SMILES string of the molecule is CNCC1CCCN(C(=O)c2ccn(C)n2)C1. The van der Waals surface area contributed by atoms with Crippen LogP contribution in [0.15, 0.2) is 12.3 Å². The first-order valence-electron chi connectivity index (χ1n) is 6.14. The second-order valence-corrected chi connectivity index (χ2v) is 4.69. The molecule has 1 saturated heterocycles. The van der Waals surface area contributed by atoms with Crippen LogP contribution in [0.5, 0.6) is 0 Å². The van der Waals surface area contributed by atoms with E-state index in [9.17, 15) is 4.79 Å². The zero-order valence-electron chi connectivity index (χ0n) is 10.5. The number of hydrogen-bond donors (Lipinski definition) is 1. The van der Waals surface area contributed by atoms with Crippen LogP contribution in [0.25, 0.3) is 0 Å². The predicted octanol–water partition coefficient (Wildman–Crippen LogP) is 0.492. The molecule has 0 aliphatic carbocycles. The number of amides is 1. The van der Waals surface area contributed by atoms with E-state index in [2.05, 4.69) is 10.4 Å². The third kappa shape index (κ3) is 2.85. The first kappa shape index (κ1) is 12.1. The van der Waals surface area contributed by atoms with Crippen LogP contribution < -0.4 is 5.32 Å². The van der Waals surface area contributed by atoms with Crippen LogP contribution in [0.3, 0.4) is 0 Å². The van der Waals surface area contributed by atoms with E-state index >= 15 is 0 Å². The van der Waals surface area contributed by atoms with Crippen molar-refractivity contribution in [2.75, 3.05) is 26.7 Å². The van der Waals surface area contributed by atoms with E-state index in [1.807, 2.05) is 25.2 Å². The smallest absolute Gasteiger partial charge is 0.274 e. The van der Waals surface area contributed by atoms with Crippen molar-refractivity contribution in [2.24, 2.45) is 13.0 Å². The van der Waals surface area contributed by atoms with E-state index in [1.54, 1.807) is 10.7 Å². The summed E-state index contributed by atoms with van der Waals surface area (Å²) in [5, 5.41) is 7.35. The van der Waals surface area contributed by atoms with Gasteiger partial charge in [0, 0.05) is 26.3 Å². The maximum Gasteiger partial charge on any atom is 0.274 e. The molecule has 1 fully saturated rings. The van der Waals surface area contributed by atoms with Crippen LogP contribution in [-0.4, -0.2) is 47.3 Å². The molecule has 1 atom stereocenters. The van der Waals surface area contributed by atoms with Crippen molar-refractivity contribution in [3.8, 4) is 0 Å². The number of nitrogens with one attached hydrogen (secondary N) is 1. The van der Waals surface area contributed by atoms with Crippen LogP contribution in [0.2, 0.25) is 0 Å². The lowest BCUT2D eigenvalue weighted by Gasteiger charge is -2.32. The quantitative estimate of drug-likeness (QED) is 0.831. The summed E-state index contributed by atoms with van der Waals surface area (Å²) in [5.74, 6) is 0.632. The summed E-state index contributed by atoms with van der Waals surface area (Å²) in [6.45, 7) is 2.68. The summed E-state index contributed by atoms with van der Waals surface area (Å²) in [7, 11) is 3.79. The molecule has 1 aromatic heterocycles. The fourth-order valence-electron chi connectivity index (χ4n) is 2.40. The molecule has 1 amide bonds. The molecule has 0 bridgehead atoms. The molecule has 1 N–H and O–H groups in total. The van der Waals surface area contributed by atoms with Gasteiger partial charge in [-0.1, -0.05) is 0 Å². The molecule has 0 radical (unpaired) electrons. The molecule has 1 aliphatic heterocycles. The molecule has 17 heavy (non-hydrogen) atoms. The van der Waals surface area contributed by atoms with E-state index < -0.39 is 0 Å². The summed E-state index contributed by atoms with van der Waals surface area (Å²) in [5.41, 5.74) is 0.553. The Kier molecular flexibility index (Phi) is 3.78. The van der Waals surface area contributed by atoms with Crippen molar-refractivity contribution in [2.45, 2.75) is 12.8 Å². The van der Waals surface area contributed by atoms with E-state index in [0.29, 0.717) is 11.6 Å². The summed E-state index contributed by atoms with van der Waals surface area (Å²) < 4.78 is 1.67. The van der Waals surface area contributed by atoms with Gasteiger partial charge in [-0.3, -0.25) is 9.48 Å². The molecular weight excluding hydrogens is 216 g/mol. The summed E-state index contributed by atoms with van der Waals surface area (Å²) in [4.78, 5) is 14.1. The maximum absolute atomic E-state index is 12.2. The Balaban J connectivity index is 1.99. The Morgan fingerprint density at radius 1 is 1.65 bits per heavy atom. The van der Waals surface area contributed by atoms with Crippen LogP contribution >= 0.6 is 0 Å². The van der Waals surface area contributed by atoms with Crippen molar-refractivity contribution in [1.82, 2.24) is 20.0 Å². The molecule has 0 spiro atoms. The highest BCUT2D eigenvalue weighted by Crippen LogP contribution is 2.17. The number of carbonyl (C=O) groups is 1. The highest BCUT2D eigenvalue weighted by Gasteiger charge is 2.25. The Labute approximate surface area is 102 Å². The van der Waals surface area contributed by atoms with Gasteiger partial charge in [-0.05, 0) is 38.4 Å². The van der Waals surface area contributed by atoms with Crippen molar-refractivity contribution in [3.05, 3.63) is 18.0 Å². The zero-order chi connectivity index (χ0) is 12.3. The van der Waals surface area contributed by atoms with Gasteiger partial charge in [-0.2, -0.15) is 5.10 Å². The third-order valence-electron chi connectivity index (χ3n) is 3.23. The number of carbonyl (C=O) groups excluding carboxylic acids is 1. The summed E-state index contributed by atoms with van der Waals surface area (Å²) in [6.07, 6.45) is 4.10. The highest BCUT2D eigenvalue weighted by molar-refractivity contribution is 5.92. The average Bonchev–Trinajstić information content (AvgIpc) is 2.76. The van der Waals surface area contributed by atoms with E-state index in [-0.39, 0.29) is 5.91 Å².